The topological polar surface area (TPSA) is 36.9 Å². The highest BCUT2D eigenvalue weighted by Gasteiger charge is 2.61. The molecule has 3 aliphatic heterocycles. The Bertz CT molecular complexity index is 501. The highest BCUT2D eigenvalue weighted by atomic mass is 17.3. The summed E-state index contributed by atoms with van der Waals surface area (Å²) in [5.74, 6) is -0.380. The minimum absolute atomic E-state index is 0.362. The summed E-state index contributed by atoms with van der Waals surface area (Å²) in [5.41, 5.74) is 0.572. The van der Waals surface area contributed by atoms with Crippen LogP contribution in [0.15, 0.2) is 30.3 Å². The Kier molecular flexibility index (Phi) is 3.30. The van der Waals surface area contributed by atoms with Crippen LogP contribution >= 0.6 is 0 Å². The van der Waals surface area contributed by atoms with Gasteiger partial charge in [-0.3, -0.25) is 0 Å². The lowest BCUT2D eigenvalue weighted by molar-refractivity contribution is -0.558. The summed E-state index contributed by atoms with van der Waals surface area (Å²) >= 11 is 0. The van der Waals surface area contributed by atoms with Gasteiger partial charge < -0.3 is 9.47 Å². The molecule has 21 heavy (non-hydrogen) atoms. The van der Waals surface area contributed by atoms with Gasteiger partial charge in [0.25, 0.3) is 0 Å². The van der Waals surface area contributed by atoms with Gasteiger partial charge in [-0.25, -0.2) is 4.89 Å². The summed E-state index contributed by atoms with van der Waals surface area (Å²) in [6.07, 6.45) is 6.00. The smallest absolute Gasteiger partial charge is 0.230 e. The van der Waals surface area contributed by atoms with Gasteiger partial charge >= 0.3 is 0 Å². The zero-order valence-corrected chi connectivity index (χ0v) is 12.4. The van der Waals surface area contributed by atoms with Crippen LogP contribution in [-0.4, -0.2) is 19.0 Å². The molecule has 0 N–H and O–H groups in total. The number of hydrogen-bond donors (Lipinski definition) is 0. The van der Waals surface area contributed by atoms with Crippen molar-refractivity contribution in [1.82, 2.24) is 0 Å². The Balaban J connectivity index is 1.74. The molecule has 114 valence electrons. The minimum Gasteiger partial charge on any atom is -0.353 e. The van der Waals surface area contributed by atoms with Crippen molar-refractivity contribution in [2.75, 3.05) is 7.11 Å². The van der Waals surface area contributed by atoms with Crippen molar-refractivity contribution in [2.45, 2.75) is 56.2 Å². The first-order valence-corrected chi connectivity index (χ1v) is 7.92. The maximum absolute atomic E-state index is 6.32. The lowest BCUT2D eigenvalue weighted by Crippen LogP contribution is -2.59. The van der Waals surface area contributed by atoms with E-state index >= 15 is 0 Å². The van der Waals surface area contributed by atoms with E-state index in [1.807, 2.05) is 30.3 Å². The standard InChI is InChI=1S/C17H22O4/c1-18-15-16-11-6-5-7-13(16)10-12-17(19-15,21-20-16)14-8-3-2-4-9-14/h2-4,8-9,13,15H,5-7,10-12H2,1H3/t13-,15-,16?,17-/m1/s1. The van der Waals surface area contributed by atoms with Crippen LogP contribution in [-0.2, 0) is 25.0 Å². The average Bonchev–Trinajstić information content (AvgIpc) is 2.81. The molecule has 5 rings (SSSR count). The van der Waals surface area contributed by atoms with E-state index < -0.39 is 11.4 Å². The van der Waals surface area contributed by atoms with E-state index in [0.717, 1.165) is 37.7 Å². The second-order valence-electron chi connectivity index (χ2n) is 6.41. The Morgan fingerprint density at radius 1 is 1.05 bits per heavy atom. The Morgan fingerprint density at radius 2 is 1.90 bits per heavy atom. The van der Waals surface area contributed by atoms with Gasteiger partial charge in [-0.05, 0) is 25.2 Å². The van der Waals surface area contributed by atoms with Crippen molar-refractivity contribution in [3.63, 3.8) is 0 Å². The fraction of sp³-hybridized carbons (Fsp3) is 0.647. The molecule has 4 nitrogen and oxygen atoms in total. The normalized spacial score (nSPS) is 42.3. The molecule has 4 fully saturated rings. The molecule has 1 saturated carbocycles. The minimum atomic E-state index is -0.829. The van der Waals surface area contributed by atoms with Gasteiger partial charge in [0.15, 0.2) is 11.9 Å². The fourth-order valence-electron chi connectivity index (χ4n) is 4.19. The Labute approximate surface area is 125 Å². The molecule has 0 aromatic heterocycles. The van der Waals surface area contributed by atoms with Gasteiger partial charge in [0.2, 0.25) is 5.79 Å². The maximum Gasteiger partial charge on any atom is 0.230 e. The van der Waals surface area contributed by atoms with Crippen molar-refractivity contribution in [3.8, 4) is 0 Å². The summed E-state index contributed by atoms with van der Waals surface area (Å²) in [6, 6.07) is 10.1. The van der Waals surface area contributed by atoms with Gasteiger partial charge in [-0.15, -0.1) is 0 Å². The van der Waals surface area contributed by atoms with Gasteiger partial charge in [0.1, 0.15) is 0 Å². The number of methoxy groups -OCH3 is 1. The molecule has 1 unspecified atom stereocenters. The van der Waals surface area contributed by atoms with Crippen LogP contribution in [0, 0.1) is 5.92 Å². The predicted molar refractivity (Wildman–Crippen MR) is 76.1 cm³/mol. The Hall–Kier alpha value is -0.940. The highest BCUT2D eigenvalue weighted by Crippen LogP contribution is 2.54. The van der Waals surface area contributed by atoms with Crippen LogP contribution < -0.4 is 0 Å². The molecule has 0 radical (unpaired) electrons. The van der Waals surface area contributed by atoms with Crippen LogP contribution in [0.4, 0.5) is 0 Å². The van der Waals surface area contributed by atoms with E-state index in [9.17, 15) is 0 Å². The van der Waals surface area contributed by atoms with E-state index in [4.69, 9.17) is 19.2 Å². The van der Waals surface area contributed by atoms with E-state index in [1.54, 1.807) is 7.11 Å². The number of benzene rings is 1. The quantitative estimate of drug-likeness (QED) is 0.781. The van der Waals surface area contributed by atoms with E-state index in [2.05, 4.69) is 0 Å². The zero-order chi connectivity index (χ0) is 14.3. The van der Waals surface area contributed by atoms with Crippen LogP contribution in [0.5, 0.6) is 0 Å². The summed E-state index contributed by atoms with van der Waals surface area (Å²) in [7, 11) is 1.70. The molecule has 1 aromatic rings. The van der Waals surface area contributed by atoms with Crippen LogP contribution in [0.1, 0.15) is 44.1 Å². The molecule has 4 atom stereocenters. The van der Waals surface area contributed by atoms with Crippen LogP contribution in [0.3, 0.4) is 0 Å². The van der Waals surface area contributed by atoms with Gasteiger partial charge in [-0.1, -0.05) is 43.2 Å². The zero-order valence-electron chi connectivity index (χ0n) is 12.4. The van der Waals surface area contributed by atoms with Gasteiger partial charge in [-0.2, -0.15) is 4.89 Å². The van der Waals surface area contributed by atoms with Gasteiger partial charge in [0.05, 0.1) is 0 Å². The summed E-state index contributed by atoms with van der Waals surface area (Å²) in [5, 5.41) is 0. The second-order valence-corrected chi connectivity index (χ2v) is 6.41. The van der Waals surface area contributed by atoms with E-state index in [1.165, 1.54) is 6.42 Å². The molecule has 4 heteroatoms. The first kappa shape index (κ1) is 13.7. The van der Waals surface area contributed by atoms with Gasteiger partial charge in [0, 0.05) is 19.1 Å². The van der Waals surface area contributed by atoms with Crippen molar-refractivity contribution in [1.29, 1.82) is 0 Å². The van der Waals surface area contributed by atoms with Crippen LogP contribution in [0.2, 0.25) is 0 Å². The molecule has 3 saturated heterocycles. The predicted octanol–water partition coefficient (Wildman–Crippen LogP) is 3.51. The lowest BCUT2D eigenvalue weighted by atomic mass is 9.73. The third-order valence-electron chi connectivity index (χ3n) is 5.34. The summed E-state index contributed by atoms with van der Waals surface area (Å²) < 4.78 is 12.0. The summed E-state index contributed by atoms with van der Waals surface area (Å²) in [4.78, 5) is 11.9. The largest absolute Gasteiger partial charge is 0.353 e. The molecule has 3 heterocycles. The molecule has 0 amide bonds. The SMILES string of the molecule is CO[C@@H]1O[C@]2(c3ccccc3)CC[C@H]3CCCCC31OO2. The lowest BCUT2D eigenvalue weighted by Gasteiger charge is -2.49. The molecule has 4 aliphatic rings. The molecular weight excluding hydrogens is 268 g/mol. The first-order chi connectivity index (χ1) is 10.3. The van der Waals surface area contributed by atoms with E-state index in [0.29, 0.717) is 5.92 Å². The van der Waals surface area contributed by atoms with Crippen molar-refractivity contribution < 1.29 is 19.2 Å². The number of ether oxygens (including phenoxy) is 2. The van der Waals surface area contributed by atoms with Crippen molar-refractivity contribution in [2.24, 2.45) is 5.92 Å². The summed E-state index contributed by atoms with van der Waals surface area (Å²) in [6.45, 7) is 0. The molecular formula is C17H22O4. The maximum atomic E-state index is 6.32. The first-order valence-electron chi connectivity index (χ1n) is 7.92. The van der Waals surface area contributed by atoms with E-state index in [-0.39, 0.29) is 6.29 Å². The number of rotatable bonds is 2. The second kappa shape index (κ2) is 5.06. The van der Waals surface area contributed by atoms with Crippen molar-refractivity contribution >= 4 is 0 Å². The third kappa shape index (κ3) is 1.97. The number of fused-ring (bicyclic) bond motifs is 3. The molecule has 2 bridgehead atoms. The van der Waals surface area contributed by atoms with Crippen LogP contribution in [0.25, 0.3) is 0 Å². The third-order valence-corrected chi connectivity index (χ3v) is 5.34. The molecule has 1 aliphatic carbocycles. The average molecular weight is 290 g/mol. The molecule has 1 spiro atoms. The fourth-order valence-corrected chi connectivity index (χ4v) is 4.19. The monoisotopic (exact) mass is 290 g/mol. The Morgan fingerprint density at radius 3 is 2.71 bits per heavy atom. The highest BCUT2D eigenvalue weighted by molar-refractivity contribution is 5.21. The van der Waals surface area contributed by atoms with Crippen molar-refractivity contribution in [3.05, 3.63) is 35.9 Å². The number of hydrogen-bond acceptors (Lipinski definition) is 4. The molecule has 1 aromatic carbocycles.